The van der Waals surface area contributed by atoms with Gasteiger partial charge in [0.05, 0.1) is 43.4 Å². The van der Waals surface area contributed by atoms with E-state index in [2.05, 4.69) is 15.0 Å². The van der Waals surface area contributed by atoms with Crippen LogP contribution in [0.3, 0.4) is 0 Å². The minimum absolute atomic E-state index is 0.0250. The Labute approximate surface area is 224 Å². The summed E-state index contributed by atoms with van der Waals surface area (Å²) in [6, 6.07) is 8.55. The largest absolute Gasteiger partial charge is 0.477 e. The third kappa shape index (κ3) is 5.67. The molecule has 3 fully saturated rings. The average molecular weight is 543 g/mol. The lowest BCUT2D eigenvalue weighted by atomic mass is 9.99. The minimum atomic E-state index is -2.79. The van der Waals surface area contributed by atoms with Crippen molar-refractivity contribution in [3.63, 3.8) is 0 Å². The standard InChI is InChI=1S/C27H32F2N6O4/c28-25(29)26-30-20-6-1-2-7-21(20)35(26)22-14-23(32-27(31-22)33-8-11-37-12-9-33)39-17-18-15-34(16-18)24(36)13-19-5-3-4-10-38-19/h1-2,6-7,14,18-19,25H,3-5,8-13,15-17H2. The Morgan fingerprint density at radius 2 is 1.90 bits per heavy atom. The summed E-state index contributed by atoms with van der Waals surface area (Å²) in [6.45, 7) is 4.53. The van der Waals surface area contributed by atoms with Crippen LogP contribution in [0.4, 0.5) is 14.7 Å². The Bertz CT molecular complexity index is 1300. The summed E-state index contributed by atoms with van der Waals surface area (Å²) in [7, 11) is 0. The van der Waals surface area contributed by atoms with Crippen LogP contribution in [0.25, 0.3) is 16.9 Å². The predicted octanol–water partition coefficient (Wildman–Crippen LogP) is 3.39. The fourth-order valence-corrected chi connectivity index (χ4v) is 5.30. The Balaban J connectivity index is 1.19. The summed E-state index contributed by atoms with van der Waals surface area (Å²) in [4.78, 5) is 29.8. The molecule has 0 spiro atoms. The van der Waals surface area contributed by atoms with Gasteiger partial charge in [0.25, 0.3) is 6.43 Å². The highest BCUT2D eigenvalue weighted by Crippen LogP contribution is 2.30. The molecule has 10 nitrogen and oxygen atoms in total. The molecule has 3 aliphatic rings. The molecule has 0 aliphatic carbocycles. The van der Waals surface area contributed by atoms with Gasteiger partial charge >= 0.3 is 0 Å². The fraction of sp³-hybridized carbons (Fsp3) is 0.556. The highest BCUT2D eigenvalue weighted by atomic mass is 19.3. The van der Waals surface area contributed by atoms with Gasteiger partial charge in [0, 0.05) is 44.8 Å². The number of anilines is 1. The normalized spacial score (nSPS) is 20.4. The van der Waals surface area contributed by atoms with Gasteiger partial charge in [-0.25, -0.2) is 13.8 Å². The van der Waals surface area contributed by atoms with Crippen LogP contribution in [0.1, 0.15) is 37.9 Å². The zero-order valence-electron chi connectivity index (χ0n) is 21.7. The molecule has 3 saturated heterocycles. The number of hydrogen-bond acceptors (Lipinski definition) is 8. The number of benzene rings is 1. The molecule has 0 bridgehead atoms. The number of ether oxygens (including phenoxy) is 3. The maximum Gasteiger partial charge on any atom is 0.296 e. The summed E-state index contributed by atoms with van der Waals surface area (Å²) in [5.41, 5.74) is 0.986. The highest BCUT2D eigenvalue weighted by Gasteiger charge is 2.33. The number of rotatable bonds is 8. The van der Waals surface area contributed by atoms with Crippen molar-refractivity contribution in [2.24, 2.45) is 5.92 Å². The van der Waals surface area contributed by atoms with Gasteiger partial charge < -0.3 is 24.0 Å². The lowest BCUT2D eigenvalue weighted by molar-refractivity contribution is -0.142. The second-order valence-corrected chi connectivity index (χ2v) is 10.2. The van der Waals surface area contributed by atoms with E-state index >= 15 is 0 Å². The van der Waals surface area contributed by atoms with Gasteiger partial charge in [-0.3, -0.25) is 9.36 Å². The molecule has 0 N–H and O–H groups in total. The van der Waals surface area contributed by atoms with E-state index in [1.807, 2.05) is 9.80 Å². The van der Waals surface area contributed by atoms with Crippen LogP contribution >= 0.6 is 0 Å². The van der Waals surface area contributed by atoms with Gasteiger partial charge in [-0.05, 0) is 31.4 Å². The number of hydrogen-bond donors (Lipinski definition) is 0. The second kappa shape index (κ2) is 11.4. The molecule has 39 heavy (non-hydrogen) atoms. The number of aromatic nitrogens is 4. The van der Waals surface area contributed by atoms with Crippen molar-refractivity contribution < 1.29 is 27.8 Å². The van der Waals surface area contributed by atoms with Crippen LogP contribution in [0.2, 0.25) is 0 Å². The van der Waals surface area contributed by atoms with Gasteiger partial charge in [-0.15, -0.1) is 0 Å². The van der Waals surface area contributed by atoms with Crippen LogP contribution in [0.5, 0.6) is 5.88 Å². The van der Waals surface area contributed by atoms with Crippen LogP contribution in [-0.2, 0) is 14.3 Å². The summed E-state index contributed by atoms with van der Waals surface area (Å²) in [5, 5.41) is 0. The van der Waals surface area contributed by atoms with E-state index < -0.39 is 6.43 Å². The van der Waals surface area contributed by atoms with E-state index in [0.717, 1.165) is 25.9 Å². The molecule has 0 saturated carbocycles. The minimum Gasteiger partial charge on any atom is -0.477 e. The number of likely N-dealkylation sites (tertiary alicyclic amines) is 1. The van der Waals surface area contributed by atoms with Crippen molar-refractivity contribution >= 4 is 22.9 Å². The zero-order valence-corrected chi connectivity index (χ0v) is 21.7. The van der Waals surface area contributed by atoms with Crippen molar-refractivity contribution in [1.29, 1.82) is 0 Å². The Kier molecular flexibility index (Phi) is 7.55. The maximum absolute atomic E-state index is 14.0. The van der Waals surface area contributed by atoms with Crippen molar-refractivity contribution in [3.05, 3.63) is 36.2 Å². The molecule has 1 amide bonds. The van der Waals surface area contributed by atoms with Gasteiger partial charge in [-0.1, -0.05) is 12.1 Å². The van der Waals surface area contributed by atoms with Gasteiger partial charge in [0.2, 0.25) is 17.7 Å². The summed E-state index contributed by atoms with van der Waals surface area (Å²) < 4.78 is 46.7. The Hall–Kier alpha value is -3.38. The first-order valence-electron chi connectivity index (χ1n) is 13.5. The van der Waals surface area contributed by atoms with Crippen LogP contribution in [0, 0.1) is 5.92 Å². The lowest BCUT2D eigenvalue weighted by Crippen LogP contribution is -2.52. The smallest absolute Gasteiger partial charge is 0.296 e. The molecule has 2 aromatic heterocycles. The molecule has 12 heteroatoms. The van der Waals surface area contributed by atoms with Gasteiger partial charge in [0.15, 0.2) is 5.82 Å². The average Bonchev–Trinajstić information content (AvgIpc) is 3.33. The van der Waals surface area contributed by atoms with E-state index in [0.29, 0.717) is 75.3 Å². The number of imidazole rings is 1. The van der Waals surface area contributed by atoms with E-state index in [4.69, 9.17) is 14.2 Å². The molecule has 0 radical (unpaired) electrons. The van der Waals surface area contributed by atoms with Crippen molar-refractivity contribution in [1.82, 2.24) is 24.4 Å². The topological polar surface area (TPSA) is 94.8 Å². The molecule has 5 heterocycles. The third-order valence-electron chi connectivity index (χ3n) is 7.44. The molecule has 208 valence electrons. The SMILES string of the molecule is O=C(CC1CCCCO1)N1CC(COc2cc(-n3c(C(F)F)nc4ccccc43)nc(N3CCOCC3)n2)C1. The van der Waals surface area contributed by atoms with Gasteiger partial charge in [0.1, 0.15) is 5.82 Å². The lowest BCUT2D eigenvalue weighted by Gasteiger charge is -2.39. The molecule has 3 aliphatic heterocycles. The highest BCUT2D eigenvalue weighted by molar-refractivity contribution is 5.78. The number of halogens is 2. The molecular formula is C27H32F2N6O4. The van der Waals surface area contributed by atoms with E-state index in [1.165, 1.54) is 4.57 Å². The first-order chi connectivity index (χ1) is 19.0. The number of fused-ring (bicyclic) bond motifs is 1. The quantitative estimate of drug-likeness (QED) is 0.428. The molecule has 1 atom stereocenters. The zero-order chi connectivity index (χ0) is 26.8. The molecule has 3 aromatic rings. The van der Waals surface area contributed by atoms with E-state index in [-0.39, 0.29) is 29.6 Å². The number of alkyl halides is 2. The Morgan fingerprint density at radius 3 is 2.67 bits per heavy atom. The molecular weight excluding hydrogens is 510 g/mol. The van der Waals surface area contributed by atoms with Crippen molar-refractivity contribution in [3.8, 4) is 11.7 Å². The number of carbonyl (C=O) groups is 1. The van der Waals surface area contributed by atoms with Crippen molar-refractivity contribution in [2.45, 2.75) is 38.2 Å². The molecule has 6 rings (SSSR count). The van der Waals surface area contributed by atoms with E-state index in [9.17, 15) is 13.6 Å². The summed E-state index contributed by atoms with van der Waals surface area (Å²) in [5.74, 6) is 0.842. The first-order valence-corrected chi connectivity index (χ1v) is 13.5. The predicted molar refractivity (Wildman–Crippen MR) is 138 cm³/mol. The second-order valence-electron chi connectivity index (χ2n) is 10.2. The first kappa shape index (κ1) is 25.9. The van der Waals surface area contributed by atoms with Crippen LogP contribution < -0.4 is 9.64 Å². The van der Waals surface area contributed by atoms with Crippen molar-refractivity contribution in [2.75, 3.05) is 57.5 Å². The number of para-hydroxylation sites is 2. The number of nitrogens with zero attached hydrogens (tertiary/aromatic N) is 6. The third-order valence-corrected chi connectivity index (χ3v) is 7.44. The monoisotopic (exact) mass is 542 g/mol. The molecule has 1 unspecified atom stereocenters. The molecule has 1 aromatic carbocycles. The fourth-order valence-electron chi connectivity index (χ4n) is 5.30. The Morgan fingerprint density at radius 1 is 1.08 bits per heavy atom. The maximum atomic E-state index is 14.0. The van der Waals surface area contributed by atoms with Crippen LogP contribution in [-0.4, -0.2) is 89.0 Å². The number of carbonyl (C=O) groups excluding carboxylic acids is 1. The summed E-state index contributed by atoms with van der Waals surface area (Å²) in [6.07, 6.45) is 0.768. The number of morpholine rings is 1. The van der Waals surface area contributed by atoms with Gasteiger partial charge in [-0.2, -0.15) is 9.97 Å². The van der Waals surface area contributed by atoms with E-state index in [1.54, 1.807) is 30.3 Å². The summed E-state index contributed by atoms with van der Waals surface area (Å²) >= 11 is 0. The number of amides is 1. The van der Waals surface area contributed by atoms with Crippen LogP contribution in [0.15, 0.2) is 30.3 Å².